The SMILES string of the molecule is C=C(C)CN=C(N)NC1C2CCCOC2C1(C)C.I. The van der Waals surface area contributed by atoms with Crippen LogP contribution in [0.4, 0.5) is 0 Å². The molecule has 2 fully saturated rings. The van der Waals surface area contributed by atoms with Gasteiger partial charge in [-0.1, -0.05) is 26.0 Å². The lowest BCUT2D eigenvalue weighted by molar-refractivity contribution is -0.188. The number of ether oxygens (including phenoxy) is 1. The molecular weight excluding hydrogens is 353 g/mol. The standard InChI is InChI=1S/C14H25N3O.HI/c1-9(2)8-16-13(15)17-11-10-6-5-7-18-12(10)14(11,3)4;/h10-12H,1,5-8H2,2-4H3,(H3,15,16,17);1H. The quantitative estimate of drug-likeness (QED) is 0.342. The highest BCUT2D eigenvalue weighted by Crippen LogP contribution is 2.51. The van der Waals surface area contributed by atoms with Crippen LogP contribution in [0.5, 0.6) is 0 Å². The van der Waals surface area contributed by atoms with Crippen LogP contribution < -0.4 is 11.1 Å². The molecule has 5 heteroatoms. The number of aliphatic imine (C=N–C) groups is 1. The lowest BCUT2D eigenvalue weighted by atomic mass is 9.55. The van der Waals surface area contributed by atoms with Gasteiger partial charge in [-0.3, -0.25) is 0 Å². The number of halogens is 1. The molecule has 0 aromatic carbocycles. The molecular formula is C14H26IN3O. The fraction of sp³-hybridized carbons (Fsp3) is 0.786. The summed E-state index contributed by atoms with van der Waals surface area (Å²) in [4.78, 5) is 4.29. The fourth-order valence-electron chi connectivity index (χ4n) is 3.24. The second-order valence-corrected chi connectivity index (χ2v) is 6.20. The van der Waals surface area contributed by atoms with Gasteiger partial charge in [0.05, 0.1) is 12.6 Å². The third-order valence-corrected chi connectivity index (χ3v) is 4.15. The van der Waals surface area contributed by atoms with E-state index < -0.39 is 0 Å². The van der Waals surface area contributed by atoms with Crippen LogP contribution in [0.2, 0.25) is 0 Å². The molecule has 2 aliphatic rings. The molecule has 1 saturated heterocycles. The third-order valence-electron chi connectivity index (χ3n) is 4.15. The van der Waals surface area contributed by atoms with Gasteiger partial charge < -0.3 is 15.8 Å². The van der Waals surface area contributed by atoms with Crippen molar-refractivity contribution in [3.8, 4) is 0 Å². The number of nitrogens with two attached hydrogens (primary N) is 1. The van der Waals surface area contributed by atoms with Gasteiger partial charge in [-0.05, 0) is 19.8 Å². The molecule has 0 amide bonds. The van der Waals surface area contributed by atoms with E-state index >= 15 is 0 Å². The van der Waals surface area contributed by atoms with E-state index in [1.54, 1.807) is 0 Å². The van der Waals surface area contributed by atoms with E-state index in [0.29, 0.717) is 30.6 Å². The largest absolute Gasteiger partial charge is 0.377 e. The summed E-state index contributed by atoms with van der Waals surface area (Å²) in [7, 11) is 0. The lowest BCUT2D eigenvalue weighted by Gasteiger charge is -2.60. The first-order chi connectivity index (χ1) is 8.43. The Morgan fingerprint density at radius 3 is 2.84 bits per heavy atom. The van der Waals surface area contributed by atoms with Gasteiger partial charge in [0, 0.05) is 24.0 Å². The van der Waals surface area contributed by atoms with Gasteiger partial charge in [0.25, 0.3) is 0 Å². The monoisotopic (exact) mass is 379 g/mol. The predicted octanol–water partition coefficient (Wildman–Crippen LogP) is 2.29. The summed E-state index contributed by atoms with van der Waals surface area (Å²) in [6.45, 7) is 11.7. The summed E-state index contributed by atoms with van der Waals surface area (Å²) < 4.78 is 5.87. The Labute approximate surface area is 133 Å². The number of hydrogen-bond acceptors (Lipinski definition) is 2. The molecule has 1 saturated carbocycles. The summed E-state index contributed by atoms with van der Waals surface area (Å²) in [5, 5.41) is 3.37. The van der Waals surface area contributed by atoms with E-state index in [-0.39, 0.29) is 29.4 Å². The smallest absolute Gasteiger partial charge is 0.189 e. The highest BCUT2D eigenvalue weighted by molar-refractivity contribution is 14.0. The van der Waals surface area contributed by atoms with E-state index in [4.69, 9.17) is 10.5 Å². The van der Waals surface area contributed by atoms with Crippen molar-refractivity contribution >= 4 is 29.9 Å². The van der Waals surface area contributed by atoms with Crippen molar-refractivity contribution in [2.24, 2.45) is 22.1 Å². The van der Waals surface area contributed by atoms with Gasteiger partial charge in [0.1, 0.15) is 0 Å². The summed E-state index contributed by atoms with van der Waals surface area (Å²) in [5.41, 5.74) is 7.09. The van der Waals surface area contributed by atoms with Crippen LogP contribution in [-0.2, 0) is 4.74 Å². The molecule has 3 atom stereocenters. The lowest BCUT2D eigenvalue weighted by Crippen LogP contribution is -2.70. The third kappa shape index (κ3) is 3.42. The van der Waals surface area contributed by atoms with Crippen molar-refractivity contribution in [1.82, 2.24) is 5.32 Å². The Bertz CT molecular complexity index is 368. The van der Waals surface area contributed by atoms with Gasteiger partial charge in [-0.15, -0.1) is 24.0 Å². The zero-order valence-corrected chi connectivity index (χ0v) is 14.4. The zero-order chi connectivity index (χ0) is 13.3. The Morgan fingerprint density at radius 2 is 2.21 bits per heavy atom. The van der Waals surface area contributed by atoms with Crippen molar-refractivity contribution in [3.63, 3.8) is 0 Å². The fourth-order valence-corrected chi connectivity index (χ4v) is 3.24. The first-order valence-electron chi connectivity index (χ1n) is 6.75. The van der Waals surface area contributed by atoms with E-state index in [0.717, 1.165) is 18.6 Å². The van der Waals surface area contributed by atoms with Crippen LogP contribution in [0.3, 0.4) is 0 Å². The number of nitrogens with zero attached hydrogens (tertiary/aromatic N) is 1. The Morgan fingerprint density at radius 1 is 1.53 bits per heavy atom. The molecule has 2 rings (SSSR count). The average molecular weight is 379 g/mol. The van der Waals surface area contributed by atoms with Gasteiger partial charge in [0.15, 0.2) is 5.96 Å². The number of hydrogen-bond donors (Lipinski definition) is 2. The molecule has 1 heterocycles. The molecule has 0 bridgehead atoms. The molecule has 3 unspecified atom stereocenters. The summed E-state index contributed by atoms with van der Waals surface area (Å²) in [5.74, 6) is 1.10. The van der Waals surface area contributed by atoms with Crippen LogP contribution >= 0.6 is 24.0 Å². The molecule has 0 aromatic rings. The molecule has 0 aromatic heterocycles. The number of rotatable bonds is 3. The van der Waals surface area contributed by atoms with Crippen molar-refractivity contribution in [2.75, 3.05) is 13.2 Å². The molecule has 3 N–H and O–H groups in total. The minimum absolute atomic E-state index is 0. The molecule has 0 spiro atoms. The summed E-state index contributed by atoms with van der Waals surface area (Å²) >= 11 is 0. The highest BCUT2D eigenvalue weighted by Gasteiger charge is 2.58. The van der Waals surface area contributed by atoms with Gasteiger partial charge in [-0.25, -0.2) is 4.99 Å². The predicted molar refractivity (Wildman–Crippen MR) is 89.9 cm³/mol. The van der Waals surface area contributed by atoms with E-state index in [1.165, 1.54) is 6.42 Å². The molecule has 1 aliphatic carbocycles. The maximum atomic E-state index is 5.93. The first kappa shape index (κ1) is 16.8. The maximum Gasteiger partial charge on any atom is 0.189 e. The first-order valence-corrected chi connectivity index (χ1v) is 6.75. The minimum Gasteiger partial charge on any atom is -0.377 e. The van der Waals surface area contributed by atoms with Crippen molar-refractivity contribution < 1.29 is 4.74 Å². The van der Waals surface area contributed by atoms with Crippen LogP contribution in [-0.4, -0.2) is 31.3 Å². The Balaban J connectivity index is 0.00000180. The van der Waals surface area contributed by atoms with Crippen molar-refractivity contribution in [3.05, 3.63) is 12.2 Å². The Kier molecular flexibility index (Phi) is 5.67. The van der Waals surface area contributed by atoms with Gasteiger partial charge >= 0.3 is 0 Å². The topological polar surface area (TPSA) is 59.6 Å². The van der Waals surface area contributed by atoms with Crippen molar-refractivity contribution in [2.45, 2.75) is 45.8 Å². The van der Waals surface area contributed by atoms with Crippen LogP contribution in [0, 0.1) is 11.3 Å². The van der Waals surface area contributed by atoms with E-state index in [1.807, 2.05) is 6.92 Å². The van der Waals surface area contributed by atoms with Gasteiger partial charge in [-0.2, -0.15) is 0 Å². The second-order valence-electron chi connectivity index (χ2n) is 6.20. The maximum absolute atomic E-state index is 5.93. The average Bonchev–Trinajstić information content (AvgIpc) is 2.33. The molecule has 19 heavy (non-hydrogen) atoms. The van der Waals surface area contributed by atoms with Crippen LogP contribution in [0.25, 0.3) is 0 Å². The second kappa shape index (κ2) is 6.43. The van der Waals surface area contributed by atoms with E-state index in [2.05, 4.69) is 30.7 Å². The summed E-state index contributed by atoms with van der Waals surface area (Å²) in [6.07, 6.45) is 2.75. The highest BCUT2D eigenvalue weighted by atomic mass is 127. The Hall–Kier alpha value is -0.300. The molecule has 4 nitrogen and oxygen atoms in total. The summed E-state index contributed by atoms with van der Waals surface area (Å²) in [6, 6.07) is 0.372. The molecule has 1 aliphatic heterocycles. The van der Waals surface area contributed by atoms with Crippen molar-refractivity contribution in [1.29, 1.82) is 0 Å². The number of guanidine groups is 1. The number of fused-ring (bicyclic) bond motifs is 1. The van der Waals surface area contributed by atoms with Crippen LogP contribution in [0.1, 0.15) is 33.6 Å². The van der Waals surface area contributed by atoms with Crippen LogP contribution in [0.15, 0.2) is 17.1 Å². The zero-order valence-electron chi connectivity index (χ0n) is 12.1. The normalized spacial score (nSPS) is 32.6. The minimum atomic E-state index is 0. The molecule has 110 valence electrons. The van der Waals surface area contributed by atoms with E-state index in [9.17, 15) is 0 Å². The van der Waals surface area contributed by atoms with Gasteiger partial charge in [0.2, 0.25) is 0 Å². The number of nitrogens with one attached hydrogen (secondary N) is 1. The molecule has 0 radical (unpaired) electrons.